The van der Waals surface area contributed by atoms with Gasteiger partial charge >= 0.3 is 6.18 Å². The zero-order valence-corrected chi connectivity index (χ0v) is 12.8. The summed E-state index contributed by atoms with van der Waals surface area (Å²) in [5, 5.41) is 13.1. The number of rotatable bonds is 8. The van der Waals surface area contributed by atoms with E-state index >= 15 is 0 Å². The van der Waals surface area contributed by atoms with E-state index < -0.39 is 12.8 Å². The summed E-state index contributed by atoms with van der Waals surface area (Å²) >= 11 is 0. The maximum Gasteiger partial charge on any atom is 0.411 e. The third kappa shape index (κ3) is 6.21. The van der Waals surface area contributed by atoms with Gasteiger partial charge in [0.15, 0.2) is 0 Å². The minimum Gasteiger partial charge on any atom is -0.396 e. The third-order valence-corrected chi connectivity index (χ3v) is 3.42. The molecular formula is C16H21F3N2O2. The van der Waals surface area contributed by atoms with E-state index in [9.17, 15) is 13.2 Å². The maximum atomic E-state index is 12.0. The highest BCUT2D eigenvalue weighted by Crippen LogP contribution is 2.17. The first-order valence-electron chi connectivity index (χ1n) is 7.49. The van der Waals surface area contributed by atoms with Crippen LogP contribution in [0.25, 0.3) is 0 Å². The van der Waals surface area contributed by atoms with Crippen molar-refractivity contribution in [1.29, 1.82) is 0 Å². The van der Waals surface area contributed by atoms with Gasteiger partial charge in [-0.3, -0.25) is 0 Å². The summed E-state index contributed by atoms with van der Waals surface area (Å²) in [6, 6.07) is 7.37. The Bertz CT molecular complexity index is 503. The van der Waals surface area contributed by atoms with Crippen LogP contribution >= 0.6 is 0 Å². The molecule has 1 N–H and O–H groups in total. The summed E-state index contributed by atoms with van der Waals surface area (Å²) in [5.74, 6) is 0. The van der Waals surface area contributed by atoms with E-state index in [4.69, 9.17) is 5.11 Å². The normalized spacial score (nSPS) is 15.6. The van der Waals surface area contributed by atoms with Crippen LogP contribution in [-0.2, 0) is 17.9 Å². The second kappa shape index (κ2) is 8.33. The first-order chi connectivity index (χ1) is 11.0. The topological polar surface area (TPSA) is 35.9 Å². The summed E-state index contributed by atoms with van der Waals surface area (Å²) in [6.45, 7) is 1.16. The Morgan fingerprint density at radius 1 is 1.13 bits per heavy atom. The van der Waals surface area contributed by atoms with Gasteiger partial charge in [0.1, 0.15) is 6.61 Å². The Labute approximate surface area is 133 Å². The molecule has 0 saturated carbocycles. The molecule has 1 aromatic carbocycles. The average molecular weight is 330 g/mol. The summed E-state index contributed by atoms with van der Waals surface area (Å²) in [5.41, 5.74) is 1.79. The van der Waals surface area contributed by atoms with Crippen LogP contribution in [0.3, 0.4) is 0 Å². The van der Waals surface area contributed by atoms with Crippen molar-refractivity contribution in [2.24, 2.45) is 0 Å². The summed E-state index contributed by atoms with van der Waals surface area (Å²) in [4.78, 5) is 0. The lowest BCUT2D eigenvalue weighted by Gasteiger charge is -2.29. The number of benzene rings is 1. The number of nitrogens with zero attached hydrogens (tertiary/aromatic N) is 2. The number of hydrazine groups is 1. The van der Waals surface area contributed by atoms with E-state index in [2.05, 4.69) is 20.8 Å². The van der Waals surface area contributed by atoms with E-state index in [1.165, 1.54) is 0 Å². The van der Waals surface area contributed by atoms with Crippen LogP contribution in [0.4, 0.5) is 13.2 Å². The minimum absolute atomic E-state index is 0.0479. The van der Waals surface area contributed by atoms with Crippen molar-refractivity contribution in [2.75, 3.05) is 26.3 Å². The Kier molecular flexibility index (Phi) is 6.44. The summed E-state index contributed by atoms with van der Waals surface area (Å²) in [6.07, 6.45) is 0.461. The molecule has 0 spiro atoms. The molecule has 1 aromatic rings. The number of halogens is 3. The molecule has 4 nitrogen and oxygen atoms in total. The average Bonchev–Trinajstić information content (AvgIpc) is 2.93. The van der Waals surface area contributed by atoms with E-state index in [0.717, 1.165) is 24.2 Å². The van der Waals surface area contributed by atoms with Crippen LogP contribution in [-0.4, -0.2) is 47.6 Å². The van der Waals surface area contributed by atoms with Crippen LogP contribution in [0.15, 0.2) is 36.5 Å². The molecule has 0 radical (unpaired) electrons. The highest BCUT2D eigenvalue weighted by Gasteiger charge is 2.27. The van der Waals surface area contributed by atoms with E-state index in [-0.39, 0.29) is 13.2 Å². The first-order valence-corrected chi connectivity index (χ1v) is 7.49. The van der Waals surface area contributed by atoms with Crippen LogP contribution in [0.2, 0.25) is 0 Å². The number of ether oxygens (including phenoxy) is 1. The van der Waals surface area contributed by atoms with Crippen LogP contribution in [0.1, 0.15) is 17.5 Å². The van der Waals surface area contributed by atoms with Crippen LogP contribution in [0, 0.1) is 0 Å². The molecule has 0 fully saturated rings. The smallest absolute Gasteiger partial charge is 0.396 e. The Morgan fingerprint density at radius 3 is 2.48 bits per heavy atom. The molecule has 23 heavy (non-hydrogen) atoms. The molecule has 1 heterocycles. The second-order valence-electron chi connectivity index (χ2n) is 5.40. The summed E-state index contributed by atoms with van der Waals surface area (Å²) < 4.78 is 40.7. The zero-order valence-electron chi connectivity index (χ0n) is 12.8. The highest BCUT2D eigenvalue weighted by atomic mass is 19.4. The zero-order chi connectivity index (χ0) is 16.7. The number of aliphatic hydroxyl groups is 1. The van der Waals surface area contributed by atoms with Crippen LogP contribution in [0.5, 0.6) is 0 Å². The van der Waals surface area contributed by atoms with Gasteiger partial charge in [0.25, 0.3) is 0 Å². The van der Waals surface area contributed by atoms with Gasteiger partial charge in [0.05, 0.1) is 6.61 Å². The van der Waals surface area contributed by atoms with Gasteiger partial charge in [-0.25, -0.2) is 5.01 Å². The Hall–Kier alpha value is -1.57. The van der Waals surface area contributed by atoms with E-state index in [1.54, 1.807) is 12.1 Å². The van der Waals surface area contributed by atoms with Gasteiger partial charge < -0.3 is 14.9 Å². The maximum absolute atomic E-state index is 12.0. The van der Waals surface area contributed by atoms with E-state index in [0.29, 0.717) is 13.0 Å². The molecule has 0 amide bonds. The monoisotopic (exact) mass is 330 g/mol. The van der Waals surface area contributed by atoms with Crippen molar-refractivity contribution < 1.29 is 23.0 Å². The molecule has 128 valence electrons. The number of hydrogen-bond acceptors (Lipinski definition) is 4. The highest BCUT2D eigenvalue weighted by molar-refractivity contribution is 5.22. The molecule has 0 atom stereocenters. The lowest BCUT2D eigenvalue weighted by molar-refractivity contribution is -0.176. The van der Waals surface area contributed by atoms with Crippen molar-refractivity contribution in [2.45, 2.75) is 25.7 Å². The predicted molar refractivity (Wildman–Crippen MR) is 80.1 cm³/mol. The van der Waals surface area contributed by atoms with Gasteiger partial charge in [-0.15, -0.1) is 0 Å². The van der Waals surface area contributed by atoms with Crippen molar-refractivity contribution >= 4 is 0 Å². The Balaban J connectivity index is 1.80. The van der Waals surface area contributed by atoms with Gasteiger partial charge in [-0.05, 0) is 17.5 Å². The van der Waals surface area contributed by atoms with Gasteiger partial charge in [0, 0.05) is 32.4 Å². The van der Waals surface area contributed by atoms with Crippen molar-refractivity contribution in [3.05, 3.63) is 47.7 Å². The van der Waals surface area contributed by atoms with Gasteiger partial charge in [0.2, 0.25) is 0 Å². The molecule has 0 unspecified atom stereocenters. The molecule has 0 aliphatic carbocycles. The Morgan fingerprint density at radius 2 is 1.83 bits per heavy atom. The number of alkyl halides is 3. The lowest BCUT2D eigenvalue weighted by atomic mass is 10.1. The van der Waals surface area contributed by atoms with Crippen molar-refractivity contribution in [3.63, 3.8) is 0 Å². The summed E-state index contributed by atoms with van der Waals surface area (Å²) in [7, 11) is 0. The molecule has 7 heteroatoms. The SMILES string of the molecule is OCCCN1C=CCN1Cc1ccc(COCC(F)(F)F)cc1. The largest absolute Gasteiger partial charge is 0.411 e. The van der Waals surface area contributed by atoms with E-state index in [1.807, 2.05) is 18.3 Å². The number of hydrogen-bond donors (Lipinski definition) is 1. The third-order valence-electron chi connectivity index (χ3n) is 3.42. The quantitative estimate of drug-likeness (QED) is 0.795. The number of aliphatic hydroxyl groups excluding tert-OH is 1. The molecule has 2 rings (SSSR count). The van der Waals surface area contributed by atoms with Crippen molar-refractivity contribution in [3.8, 4) is 0 Å². The fourth-order valence-corrected chi connectivity index (χ4v) is 2.33. The van der Waals surface area contributed by atoms with Gasteiger partial charge in [-0.1, -0.05) is 30.3 Å². The van der Waals surface area contributed by atoms with Gasteiger partial charge in [-0.2, -0.15) is 13.2 Å². The molecule has 0 bridgehead atoms. The molecule has 1 aliphatic heterocycles. The predicted octanol–water partition coefficient (Wildman–Crippen LogP) is 2.69. The van der Waals surface area contributed by atoms with Crippen LogP contribution < -0.4 is 0 Å². The fourth-order valence-electron chi connectivity index (χ4n) is 2.33. The second-order valence-corrected chi connectivity index (χ2v) is 5.40. The minimum atomic E-state index is -4.29. The van der Waals surface area contributed by atoms with Crippen molar-refractivity contribution in [1.82, 2.24) is 10.0 Å². The molecule has 1 aliphatic rings. The standard InChI is InChI=1S/C16H21F3N2O2/c17-16(18,19)13-23-12-15-5-3-14(4-6-15)11-21-8-1-7-20(21)9-2-10-22/h1,3-7,22H,2,8-13H2. The fraction of sp³-hybridized carbons (Fsp3) is 0.500. The lowest BCUT2D eigenvalue weighted by Crippen LogP contribution is -2.35. The molecular weight excluding hydrogens is 309 g/mol. The molecule has 0 saturated heterocycles. The molecule has 0 aromatic heterocycles. The first kappa shape index (κ1) is 17.8.